The number of para-hydroxylation sites is 1. The van der Waals surface area contributed by atoms with Gasteiger partial charge in [0.2, 0.25) is 0 Å². The van der Waals surface area contributed by atoms with Crippen molar-refractivity contribution in [3.8, 4) is 6.07 Å². The molecular formula is C14H16ClN3O. The number of alkyl halides is 1. The first-order chi connectivity index (χ1) is 9.22. The molecule has 1 aromatic heterocycles. The lowest BCUT2D eigenvalue weighted by atomic mass is 10.2. The molecule has 1 unspecified atom stereocenters. The van der Waals surface area contributed by atoms with Crippen molar-refractivity contribution < 1.29 is 4.74 Å². The largest absolute Gasteiger partial charge is 0.383 e. The van der Waals surface area contributed by atoms with Crippen LogP contribution in [0.2, 0.25) is 0 Å². The maximum absolute atomic E-state index is 9.16. The van der Waals surface area contributed by atoms with E-state index < -0.39 is 0 Å². The zero-order valence-corrected chi connectivity index (χ0v) is 11.8. The molecule has 2 aromatic rings. The average Bonchev–Trinajstić information content (AvgIpc) is 2.77. The van der Waals surface area contributed by atoms with Gasteiger partial charge in [-0.25, -0.2) is 4.98 Å². The maximum atomic E-state index is 9.16. The molecule has 0 aliphatic carbocycles. The van der Waals surface area contributed by atoms with Gasteiger partial charge in [-0.3, -0.25) is 0 Å². The predicted molar refractivity (Wildman–Crippen MR) is 75.5 cm³/mol. The Bertz CT molecular complexity index is 615. The highest BCUT2D eigenvalue weighted by molar-refractivity contribution is 6.17. The van der Waals surface area contributed by atoms with Crippen LogP contribution < -0.4 is 0 Å². The quantitative estimate of drug-likeness (QED) is 0.790. The molecule has 0 bridgehead atoms. The predicted octanol–water partition coefficient (Wildman–Crippen LogP) is 2.90. The second-order valence-electron chi connectivity index (χ2n) is 4.43. The van der Waals surface area contributed by atoms with Crippen molar-refractivity contribution in [2.45, 2.75) is 19.4 Å². The Balaban J connectivity index is 2.64. The van der Waals surface area contributed by atoms with E-state index in [0.717, 1.165) is 16.9 Å². The van der Waals surface area contributed by atoms with Crippen molar-refractivity contribution >= 4 is 22.6 Å². The van der Waals surface area contributed by atoms with Gasteiger partial charge in [-0.2, -0.15) is 5.26 Å². The van der Waals surface area contributed by atoms with E-state index in [-0.39, 0.29) is 6.04 Å². The van der Waals surface area contributed by atoms with Gasteiger partial charge in [-0.05, 0) is 19.1 Å². The van der Waals surface area contributed by atoms with Crippen molar-refractivity contribution in [1.29, 1.82) is 5.26 Å². The molecule has 0 N–H and O–H groups in total. The van der Waals surface area contributed by atoms with Crippen molar-refractivity contribution in [2.24, 2.45) is 0 Å². The number of hydrogen-bond donors (Lipinski definition) is 0. The third-order valence-corrected chi connectivity index (χ3v) is 3.27. The van der Waals surface area contributed by atoms with Crippen LogP contribution in [-0.4, -0.2) is 29.1 Å². The lowest BCUT2D eigenvalue weighted by Crippen LogP contribution is -2.14. The summed E-state index contributed by atoms with van der Waals surface area (Å²) in [4.78, 5) is 4.58. The number of halogens is 1. The van der Waals surface area contributed by atoms with Crippen LogP contribution in [0.15, 0.2) is 18.2 Å². The molecule has 1 aromatic carbocycles. The third kappa shape index (κ3) is 2.58. The number of ether oxygens (including phenoxy) is 1. The summed E-state index contributed by atoms with van der Waals surface area (Å²) in [5.41, 5.74) is 2.30. The molecule has 0 aliphatic rings. The van der Waals surface area contributed by atoms with Gasteiger partial charge in [0.05, 0.1) is 23.7 Å². The minimum absolute atomic E-state index is 0.155. The number of benzene rings is 1. The molecular weight excluding hydrogens is 262 g/mol. The number of methoxy groups -OCH3 is 1. The lowest BCUT2D eigenvalue weighted by molar-refractivity contribution is 0.162. The Morgan fingerprint density at radius 1 is 1.53 bits per heavy atom. The SMILES string of the molecule is COCC(C)n1c(CCCl)nc2c(C#N)cccc21. The summed E-state index contributed by atoms with van der Waals surface area (Å²) in [6, 6.07) is 7.98. The first-order valence-electron chi connectivity index (χ1n) is 6.17. The summed E-state index contributed by atoms with van der Waals surface area (Å²) < 4.78 is 7.33. The summed E-state index contributed by atoms with van der Waals surface area (Å²) in [6.07, 6.45) is 0.676. The van der Waals surface area contributed by atoms with E-state index in [1.807, 2.05) is 12.1 Å². The Hall–Kier alpha value is -1.57. The van der Waals surface area contributed by atoms with Gasteiger partial charge in [0, 0.05) is 19.4 Å². The van der Waals surface area contributed by atoms with Crippen molar-refractivity contribution in [3.63, 3.8) is 0 Å². The van der Waals surface area contributed by atoms with Crippen LogP contribution in [-0.2, 0) is 11.2 Å². The van der Waals surface area contributed by atoms with Gasteiger partial charge in [0.25, 0.3) is 0 Å². The fraction of sp³-hybridized carbons (Fsp3) is 0.429. The molecule has 0 amide bonds. The second kappa shape index (κ2) is 6.05. The van der Waals surface area contributed by atoms with Crippen LogP contribution >= 0.6 is 11.6 Å². The number of nitrogens with zero attached hydrogens (tertiary/aromatic N) is 3. The zero-order valence-electron chi connectivity index (χ0n) is 11.1. The molecule has 0 saturated heterocycles. The Labute approximate surface area is 117 Å². The van der Waals surface area contributed by atoms with Gasteiger partial charge >= 0.3 is 0 Å². The van der Waals surface area contributed by atoms with Gasteiger partial charge in [-0.1, -0.05) is 6.07 Å². The second-order valence-corrected chi connectivity index (χ2v) is 4.80. The van der Waals surface area contributed by atoms with Gasteiger partial charge in [0.15, 0.2) is 0 Å². The van der Waals surface area contributed by atoms with Crippen molar-refractivity contribution in [1.82, 2.24) is 9.55 Å². The molecule has 0 radical (unpaired) electrons. The van der Waals surface area contributed by atoms with Crippen LogP contribution in [0, 0.1) is 11.3 Å². The lowest BCUT2D eigenvalue weighted by Gasteiger charge is -2.16. The standard InChI is InChI=1S/C14H16ClN3O/c1-10(9-19-2)18-12-5-3-4-11(8-16)14(12)17-13(18)6-7-15/h3-5,10H,6-7,9H2,1-2H3. The number of imidazole rings is 1. The Morgan fingerprint density at radius 3 is 2.95 bits per heavy atom. The fourth-order valence-electron chi connectivity index (χ4n) is 2.32. The molecule has 1 atom stereocenters. The molecule has 5 heteroatoms. The van der Waals surface area contributed by atoms with Crippen molar-refractivity contribution in [3.05, 3.63) is 29.6 Å². The van der Waals surface area contributed by atoms with Crippen LogP contribution in [0.25, 0.3) is 11.0 Å². The molecule has 100 valence electrons. The average molecular weight is 278 g/mol. The first-order valence-corrected chi connectivity index (χ1v) is 6.71. The number of aromatic nitrogens is 2. The fourth-order valence-corrected chi connectivity index (χ4v) is 2.49. The summed E-state index contributed by atoms with van der Waals surface area (Å²) >= 11 is 5.84. The highest BCUT2D eigenvalue weighted by Gasteiger charge is 2.17. The van der Waals surface area contributed by atoms with E-state index in [1.165, 1.54) is 0 Å². The summed E-state index contributed by atoms with van der Waals surface area (Å²) in [5, 5.41) is 9.16. The van der Waals surface area contributed by atoms with E-state index in [1.54, 1.807) is 13.2 Å². The molecule has 0 spiro atoms. The number of rotatable bonds is 5. The molecule has 4 nitrogen and oxygen atoms in total. The first kappa shape index (κ1) is 13.9. The highest BCUT2D eigenvalue weighted by Crippen LogP contribution is 2.24. The normalized spacial score (nSPS) is 12.5. The van der Waals surface area contributed by atoms with Crippen LogP contribution in [0.5, 0.6) is 0 Å². The molecule has 2 rings (SSSR count). The van der Waals surface area contributed by atoms with Crippen LogP contribution in [0.4, 0.5) is 0 Å². The van der Waals surface area contributed by atoms with E-state index >= 15 is 0 Å². The van der Waals surface area contributed by atoms with Gasteiger partial charge in [0.1, 0.15) is 17.4 Å². The van der Waals surface area contributed by atoms with Crippen LogP contribution in [0.1, 0.15) is 24.4 Å². The smallest absolute Gasteiger partial charge is 0.111 e. The zero-order chi connectivity index (χ0) is 13.8. The number of fused-ring (bicyclic) bond motifs is 1. The van der Waals surface area contributed by atoms with Gasteiger partial charge in [-0.15, -0.1) is 11.6 Å². The van der Waals surface area contributed by atoms with E-state index in [2.05, 4.69) is 22.5 Å². The number of hydrogen-bond acceptors (Lipinski definition) is 3. The minimum atomic E-state index is 0.155. The summed E-state index contributed by atoms with van der Waals surface area (Å²) in [6.45, 7) is 2.67. The maximum Gasteiger partial charge on any atom is 0.111 e. The number of nitriles is 1. The van der Waals surface area contributed by atoms with E-state index in [4.69, 9.17) is 21.6 Å². The molecule has 0 fully saturated rings. The summed E-state index contributed by atoms with van der Waals surface area (Å²) in [7, 11) is 1.68. The molecule has 0 saturated carbocycles. The Morgan fingerprint density at radius 2 is 2.32 bits per heavy atom. The number of aryl methyl sites for hydroxylation is 1. The monoisotopic (exact) mass is 277 g/mol. The van der Waals surface area contributed by atoms with Gasteiger partial charge < -0.3 is 9.30 Å². The molecule has 0 aliphatic heterocycles. The molecule has 19 heavy (non-hydrogen) atoms. The minimum Gasteiger partial charge on any atom is -0.383 e. The van der Waals surface area contributed by atoms with E-state index in [0.29, 0.717) is 24.5 Å². The Kier molecular flexibility index (Phi) is 4.41. The third-order valence-electron chi connectivity index (χ3n) is 3.08. The van der Waals surface area contributed by atoms with E-state index in [9.17, 15) is 0 Å². The topological polar surface area (TPSA) is 50.8 Å². The molecule has 1 heterocycles. The summed E-state index contributed by atoms with van der Waals surface area (Å²) in [5.74, 6) is 1.41. The van der Waals surface area contributed by atoms with Crippen molar-refractivity contribution in [2.75, 3.05) is 19.6 Å². The van der Waals surface area contributed by atoms with Crippen LogP contribution in [0.3, 0.4) is 0 Å². The highest BCUT2D eigenvalue weighted by atomic mass is 35.5.